The Balaban J connectivity index is 1.86. The normalized spacial score (nSPS) is 11.4. The largest absolute Gasteiger partial charge is 0.457 e. The molecule has 128 valence electrons. The Morgan fingerprint density at radius 1 is 1.00 bits per heavy atom. The van der Waals surface area contributed by atoms with Gasteiger partial charge in [-0.15, -0.1) is 0 Å². The molecule has 5 heteroatoms. The highest BCUT2D eigenvalue weighted by molar-refractivity contribution is 7.90. The number of carbonyl (C=O) groups is 1. The van der Waals surface area contributed by atoms with Crippen molar-refractivity contribution in [3.05, 3.63) is 77.4 Å². The Morgan fingerprint density at radius 2 is 1.72 bits per heavy atom. The molecule has 0 fully saturated rings. The lowest BCUT2D eigenvalue weighted by Crippen LogP contribution is -2.09. The lowest BCUT2D eigenvalue weighted by molar-refractivity contribution is 0.0473. The fourth-order valence-corrected chi connectivity index (χ4v) is 3.34. The number of sulfone groups is 1. The van der Waals surface area contributed by atoms with Gasteiger partial charge in [-0.05, 0) is 41.0 Å². The van der Waals surface area contributed by atoms with E-state index in [0.29, 0.717) is 5.56 Å². The maximum Gasteiger partial charge on any atom is 0.338 e. The van der Waals surface area contributed by atoms with Crippen LogP contribution < -0.4 is 0 Å². The van der Waals surface area contributed by atoms with E-state index in [0.717, 1.165) is 22.6 Å². The summed E-state index contributed by atoms with van der Waals surface area (Å²) in [7, 11) is -3.38. The molecule has 3 aromatic rings. The molecule has 0 atom stereocenters. The number of aryl methyl sites for hydroxylation is 1. The zero-order chi connectivity index (χ0) is 18.0. The first-order valence-corrected chi connectivity index (χ1v) is 9.70. The van der Waals surface area contributed by atoms with Gasteiger partial charge in [0.1, 0.15) is 6.61 Å². The average Bonchev–Trinajstić information content (AvgIpc) is 2.59. The molecule has 0 aromatic heterocycles. The van der Waals surface area contributed by atoms with Crippen molar-refractivity contribution in [3.63, 3.8) is 0 Å². The van der Waals surface area contributed by atoms with Crippen LogP contribution in [0.25, 0.3) is 10.8 Å². The van der Waals surface area contributed by atoms with Crippen molar-refractivity contribution in [1.29, 1.82) is 0 Å². The van der Waals surface area contributed by atoms with Crippen LogP contribution in [0.5, 0.6) is 0 Å². The minimum absolute atomic E-state index is 0.107. The van der Waals surface area contributed by atoms with Gasteiger partial charge in [0.25, 0.3) is 0 Å². The van der Waals surface area contributed by atoms with E-state index in [-0.39, 0.29) is 17.1 Å². The molecular weight excluding hydrogens is 336 g/mol. The molecule has 0 heterocycles. The maximum atomic E-state index is 12.4. The van der Waals surface area contributed by atoms with E-state index in [1.165, 1.54) is 12.1 Å². The highest BCUT2D eigenvalue weighted by Crippen LogP contribution is 2.21. The van der Waals surface area contributed by atoms with E-state index in [1.54, 1.807) is 13.0 Å². The monoisotopic (exact) mass is 354 g/mol. The van der Waals surface area contributed by atoms with Crippen LogP contribution in [0.3, 0.4) is 0 Å². The van der Waals surface area contributed by atoms with Crippen LogP contribution in [-0.2, 0) is 21.2 Å². The number of fused-ring (bicyclic) bond motifs is 1. The third-order valence-corrected chi connectivity index (χ3v) is 5.21. The number of benzene rings is 3. The predicted molar refractivity (Wildman–Crippen MR) is 97.4 cm³/mol. The standard InChI is InChI=1S/C20H18O4S/c1-14-10-11-17(25(2,22)23)12-19(14)20(21)24-13-16-8-5-7-15-6-3-4-9-18(15)16/h3-12H,13H2,1-2H3. The van der Waals surface area contributed by atoms with Crippen molar-refractivity contribution in [3.8, 4) is 0 Å². The molecule has 0 unspecified atom stereocenters. The second-order valence-electron chi connectivity index (χ2n) is 5.96. The second-order valence-corrected chi connectivity index (χ2v) is 7.98. The van der Waals surface area contributed by atoms with Crippen LogP contribution in [0, 0.1) is 6.92 Å². The van der Waals surface area contributed by atoms with Crippen LogP contribution in [0.15, 0.2) is 65.6 Å². The number of esters is 1. The molecule has 0 saturated carbocycles. The van der Waals surface area contributed by atoms with Gasteiger partial charge in [0.15, 0.2) is 9.84 Å². The minimum atomic E-state index is -3.38. The fourth-order valence-electron chi connectivity index (χ4n) is 2.69. The first-order chi connectivity index (χ1) is 11.9. The van der Waals surface area contributed by atoms with Crippen LogP contribution in [-0.4, -0.2) is 20.6 Å². The predicted octanol–water partition coefficient (Wildman–Crippen LogP) is 3.91. The molecule has 3 rings (SSSR count). The molecule has 0 aliphatic rings. The van der Waals surface area contributed by atoms with Crippen molar-refractivity contribution in [2.45, 2.75) is 18.4 Å². The number of ether oxygens (including phenoxy) is 1. The molecule has 0 bridgehead atoms. The van der Waals surface area contributed by atoms with Gasteiger partial charge < -0.3 is 4.74 Å². The summed E-state index contributed by atoms with van der Waals surface area (Å²) in [5, 5.41) is 2.10. The van der Waals surface area contributed by atoms with Gasteiger partial charge in [0, 0.05) is 6.26 Å². The molecular formula is C20H18O4S. The van der Waals surface area contributed by atoms with Gasteiger partial charge >= 0.3 is 5.97 Å². The number of hydrogen-bond acceptors (Lipinski definition) is 4. The first-order valence-electron chi connectivity index (χ1n) is 7.81. The Labute approximate surface area is 147 Å². The second kappa shape index (κ2) is 6.69. The minimum Gasteiger partial charge on any atom is -0.457 e. The summed E-state index contributed by atoms with van der Waals surface area (Å²) in [6.07, 6.45) is 1.11. The van der Waals surface area contributed by atoms with Crippen molar-refractivity contribution >= 4 is 26.6 Å². The molecule has 0 saturated heterocycles. The Bertz CT molecular complexity index is 1050. The Hall–Kier alpha value is -2.66. The lowest BCUT2D eigenvalue weighted by Gasteiger charge is -2.10. The zero-order valence-electron chi connectivity index (χ0n) is 14.0. The third kappa shape index (κ3) is 3.72. The summed E-state index contributed by atoms with van der Waals surface area (Å²) >= 11 is 0. The Kier molecular flexibility index (Phi) is 4.59. The average molecular weight is 354 g/mol. The van der Waals surface area contributed by atoms with E-state index in [4.69, 9.17) is 4.74 Å². The Morgan fingerprint density at radius 3 is 2.48 bits per heavy atom. The van der Waals surface area contributed by atoms with E-state index in [1.807, 2.05) is 42.5 Å². The molecule has 3 aromatic carbocycles. The van der Waals surface area contributed by atoms with Crippen LogP contribution in [0.2, 0.25) is 0 Å². The van der Waals surface area contributed by atoms with Crippen LogP contribution in [0.1, 0.15) is 21.5 Å². The smallest absolute Gasteiger partial charge is 0.338 e. The van der Waals surface area contributed by atoms with E-state index >= 15 is 0 Å². The van der Waals surface area contributed by atoms with E-state index < -0.39 is 15.8 Å². The molecule has 0 aliphatic carbocycles. The molecule has 0 spiro atoms. The SMILES string of the molecule is Cc1ccc(S(C)(=O)=O)cc1C(=O)OCc1cccc2ccccc12. The number of hydrogen-bond donors (Lipinski definition) is 0. The van der Waals surface area contributed by atoms with Crippen molar-refractivity contribution in [1.82, 2.24) is 0 Å². The summed E-state index contributed by atoms with van der Waals surface area (Å²) in [6, 6.07) is 18.2. The molecule has 25 heavy (non-hydrogen) atoms. The molecule has 4 nitrogen and oxygen atoms in total. The van der Waals surface area contributed by atoms with Gasteiger partial charge in [-0.25, -0.2) is 13.2 Å². The van der Waals surface area contributed by atoms with Crippen molar-refractivity contribution < 1.29 is 17.9 Å². The van der Waals surface area contributed by atoms with Gasteiger partial charge in [0.05, 0.1) is 10.5 Å². The summed E-state index contributed by atoms with van der Waals surface area (Å²) in [5.74, 6) is -0.532. The fraction of sp³-hybridized carbons (Fsp3) is 0.150. The van der Waals surface area contributed by atoms with Crippen molar-refractivity contribution in [2.75, 3.05) is 6.26 Å². The summed E-state index contributed by atoms with van der Waals surface area (Å²) < 4.78 is 28.8. The van der Waals surface area contributed by atoms with Gasteiger partial charge in [-0.1, -0.05) is 48.5 Å². The van der Waals surface area contributed by atoms with Gasteiger partial charge in [0.2, 0.25) is 0 Å². The van der Waals surface area contributed by atoms with E-state index in [9.17, 15) is 13.2 Å². The summed E-state index contributed by atoms with van der Waals surface area (Å²) in [4.78, 5) is 12.5. The number of rotatable bonds is 4. The molecule has 0 radical (unpaired) electrons. The van der Waals surface area contributed by atoms with Gasteiger partial charge in [-0.2, -0.15) is 0 Å². The molecule has 0 amide bonds. The molecule has 0 aliphatic heterocycles. The molecule has 0 N–H and O–H groups in total. The summed E-state index contributed by atoms with van der Waals surface area (Å²) in [6.45, 7) is 1.88. The maximum absolute atomic E-state index is 12.4. The van der Waals surface area contributed by atoms with Gasteiger partial charge in [-0.3, -0.25) is 0 Å². The van der Waals surface area contributed by atoms with Crippen LogP contribution >= 0.6 is 0 Å². The van der Waals surface area contributed by atoms with Crippen molar-refractivity contribution in [2.24, 2.45) is 0 Å². The van der Waals surface area contributed by atoms with E-state index in [2.05, 4.69) is 0 Å². The first kappa shape index (κ1) is 17.2. The third-order valence-electron chi connectivity index (χ3n) is 4.10. The highest BCUT2D eigenvalue weighted by Gasteiger charge is 2.16. The topological polar surface area (TPSA) is 60.4 Å². The summed E-state index contributed by atoms with van der Waals surface area (Å²) in [5.41, 5.74) is 1.85. The zero-order valence-corrected chi connectivity index (χ0v) is 14.8. The quantitative estimate of drug-likeness (QED) is 0.667. The lowest BCUT2D eigenvalue weighted by atomic mass is 10.1. The number of carbonyl (C=O) groups excluding carboxylic acids is 1. The van der Waals surface area contributed by atoms with Crippen LogP contribution in [0.4, 0.5) is 0 Å². The highest BCUT2D eigenvalue weighted by atomic mass is 32.2.